The molecule has 32 heavy (non-hydrogen) atoms. The zero-order valence-electron chi connectivity index (χ0n) is 16.8. The number of rotatable bonds is 5. The fourth-order valence-corrected chi connectivity index (χ4v) is 3.68. The molecule has 4 heterocycles. The molecule has 0 amide bonds. The van der Waals surface area contributed by atoms with Gasteiger partial charge in [-0.15, -0.1) is 0 Å². The van der Waals surface area contributed by atoms with Gasteiger partial charge in [-0.1, -0.05) is 28.1 Å². The van der Waals surface area contributed by atoms with E-state index in [4.69, 9.17) is 17.7 Å². The van der Waals surface area contributed by atoms with Crippen molar-refractivity contribution >= 4 is 28.0 Å². The van der Waals surface area contributed by atoms with Gasteiger partial charge < -0.3 is 17.7 Å². The first-order valence-electron chi connectivity index (χ1n) is 9.69. The lowest BCUT2D eigenvalue weighted by atomic mass is 10.1. The Morgan fingerprint density at radius 3 is 2.41 bits per heavy atom. The van der Waals surface area contributed by atoms with Crippen molar-refractivity contribution in [3.63, 3.8) is 0 Å². The van der Waals surface area contributed by atoms with Crippen LogP contribution in [0.4, 0.5) is 5.88 Å². The molecule has 0 aliphatic heterocycles. The molecule has 5 aromatic rings. The van der Waals surface area contributed by atoms with Gasteiger partial charge in [0, 0.05) is 10.0 Å². The van der Waals surface area contributed by atoms with E-state index in [1.165, 1.54) is 18.7 Å². The van der Waals surface area contributed by atoms with Crippen LogP contribution in [-0.2, 0) is 0 Å². The van der Waals surface area contributed by atoms with Gasteiger partial charge in [0.25, 0.3) is 0 Å². The van der Waals surface area contributed by atoms with Crippen LogP contribution in [0.5, 0.6) is 0 Å². The topological polar surface area (TPSA) is 88.7 Å². The SMILES string of the molecule is Cc1ccc(-c2ccc(C=Nc3oc(-c4ccco4)c(-c4ccco4)c3C#N)o2)cc1Br. The average Bonchev–Trinajstić information content (AvgIpc) is 3.60. The third kappa shape index (κ3) is 3.61. The van der Waals surface area contributed by atoms with Gasteiger partial charge in [0.15, 0.2) is 11.5 Å². The highest BCUT2D eigenvalue weighted by molar-refractivity contribution is 9.10. The van der Waals surface area contributed by atoms with Crippen LogP contribution in [0.2, 0.25) is 0 Å². The molecule has 0 spiro atoms. The maximum absolute atomic E-state index is 9.82. The van der Waals surface area contributed by atoms with Gasteiger partial charge >= 0.3 is 0 Å². The minimum Gasteiger partial charge on any atom is -0.464 e. The number of hydrogen-bond acceptors (Lipinski definition) is 6. The normalized spacial score (nSPS) is 11.3. The van der Waals surface area contributed by atoms with E-state index in [9.17, 15) is 5.26 Å². The summed E-state index contributed by atoms with van der Waals surface area (Å²) in [6, 6.07) is 18.8. The molecule has 0 N–H and O–H groups in total. The Morgan fingerprint density at radius 1 is 0.938 bits per heavy atom. The van der Waals surface area contributed by atoms with Crippen molar-refractivity contribution in [2.24, 2.45) is 4.99 Å². The predicted octanol–water partition coefficient (Wildman–Crippen LogP) is 7.75. The maximum atomic E-state index is 9.82. The van der Waals surface area contributed by atoms with Gasteiger partial charge in [-0.2, -0.15) is 5.26 Å². The van der Waals surface area contributed by atoms with Gasteiger partial charge in [0.1, 0.15) is 28.9 Å². The standard InChI is InChI=1S/C25H15BrN2O4/c1-15-6-7-16(12-19(15)26)20-9-8-17(31-20)14-28-25-18(13-27)23(21-4-2-10-29-21)24(32-25)22-5-3-11-30-22/h2-12,14H,1H3. The zero-order chi connectivity index (χ0) is 22.1. The van der Waals surface area contributed by atoms with Crippen molar-refractivity contribution < 1.29 is 17.7 Å². The second kappa shape index (κ2) is 8.25. The molecule has 0 aliphatic carbocycles. The number of furan rings is 4. The Labute approximate surface area is 191 Å². The Bertz CT molecular complexity index is 1450. The van der Waals surface area contributed by atoms with Crippen molar-refractivity contribution in [3.8, 4) is 40.2 Å². The molecular weight excluding hydrogens is 472 g/mol. The third-order valence-electron chi connectivity index (χ3n) is 4.91. The average molecular weight is 487 g/mol. The molecule has 0 atom stereocenters. The van der Waals surface area contributed by atoms with Crippen LogP contribution in [0.25, 0.3) is 34.2 Å². The van der Waals surface area contributed by atoms with Crippen LogP contribution < -0.4 is 0 Å². The highest BCUT2D eigenvalue weighted by Crippen LogP contribution is 2.42. The van der Waals surface area contributed by atoms with E-state index < -0.39 is 0 Å². The molecule has 6 nitrogen and oxygen atoms in total. The number of benzene rings is 1. The summed E-state index contributed by atoms with van der Waals surface area (Å²) in [5.74, 6) is 2.71. The summed E-state index contributed by atoms with van der Waals surface area (Å²) in [5.41, 5.74) is 2.82. The number of nitriles is 1. The summed E-state index contributed by atoms with van der Waals surface area (Å²) in [6.07, 6.45) is 4.59. The van der Waals surface area contributed by atoms with Gasteiger partial charge in [-0.3, -0.25) is 0 Å². The van der Waals surface area contributed by atoms with Crippen LogP contribution in [0.1, 0.15) is 16.9 Å². The largest absolute Gasteiger partial charge is 0.464 e. The maximum Gasteiger partial charge on any atom is 0.238 e. The van der Waals surface area contributed by atoms with E-state index in [2.05, 4.69) is 27.0 Å². The molecule has 0 fully saturated rings. The van der Waals surface area contributed by atoms with E-state index in [-0.39, 0.29) is 11.4 Å². The second-order valence-electron chi connectivity index (χ2n) is 6.98. The lowest BCUT2D eigenvalue weighted by Crippen LogP contribution is -1.80. The second-order valence-corrected chi connectivity index (χ2v) is 7.83. The molecule has 4 aromatic heterocycles. The molecule has 156 valence electrons. The summed E-state index contributed by atoms with van der Waals surface area (Å²) in [4.78, 5) is 4.39. The quantitative estimate of drug-likeness (QED) is 0.237. The van der Waals surface area contributed by atoms with Gasteiger partial charge in [0.05, 0.1) is 24.3 Å². The number of aryl methyl sites for hydroxylation is 1. The number of nitrogens with zero attached hydrogens (tertiary/aromatic N) is 2. The highest BCUT2D eigenvalue weighted by Gasteiger charge is 2.26. The Hall–Kier alpha value is -4.02. The van der Waals surface area contributed by atoms with E-state index in [0.717, 1.165) is 15.6 Å². The zero-order valence-corrected chi connectivity index (χ0v) is 18.4. The lowest BCUT2D eigenvalue weighted by Gasteiger charge is -2.01. The molecule has 0 saturated heterocycles. The summed E-state index contributed by atoms with van der Waals surface area (Å²) in [6.45, 7) is 2.03. The van der Waals surface area contributed by atoms with Crippen LogP contribution in [-0.4, -0.2) is 6.21 Å². The molecule has 0 unspecified atom stereocenters. The molecule has 7 heteroatoms. The smallest absolute Gasteiger partial charge is 0.238 e. The van der Waals surface area contributed by atoms with E-state index >= 15 is 0 Å². The van der Waals surface area contributed by atoms with Crippen LogP contribution >= 0.6 is 15.9 Å². The molecule has 0 aliphatic rings. The first-order valence-corrected chi connectivity index (χ1v) is 10.5. The molecule has 1 aromatic carbocycles. The summed E-state index contributed by atoms with van der Waals surface area (Å²) < 4.78 is 23.8. The highest BCUT2D eigenvalue weighted by atomic mass is 79.9. The van der Waals surface area contributed by atoms with Crippen molar-refractivity contribution in [1.82, 2.24) is 0 Å². The van der Waals surface area contributed by atoms with Crippen LogP contribution in [0.3, 0.4) is 0 Å². The van der Waals surface area contributed by atoms with E-state index in [0.29, 0.717) is 34.4 Å². The Kier molecular flexibility index (Phi) is 5.13. The monoisotopic (exact) mass is 486 g/mol. The molecule has 5 rings (SSSR count). The van der Waals surface area contributed by atoms with Gasteiger partial charge in [-0.05, 0) is 55.0 Å². The number of halogens is 1. The van der Waals surface area contributed by atoms with Crippen LogP contribution in [0, 0.1) is 18.3 Å². The Morgan fingerprint density at radius 2 is 1.72 bits per heavy atom. The van der Waals surface area contributed by atoms with Gasteiger partial charge in [0.2, 0.25) is 5.88 Å². The predicted molar refractivity (Wildman–Crippen MR) is 123 cm³/mol. The van der Waals surface area contributed by atoms with Crippen molar-refractivity contribution in [2.45, 2.75) is 6.92 Å². The Balaban J connectivity index is 1.52. The third-order valence-corrected chi connectivity index (χ3v) is 5.76. The summed E-state index contributed by atoms with van der Waals surface area (Å²) >= 11 is 3.54. The summed E-state index contributed by atoms with van der Waals surface area (Å²) in [7, 11) is 0. The van der Waals surface area contributed by atoms with E-state index in [1.54, 1.807) is 24.3 Å². The first-order chi connectivity index (χ1) is 15.6. The number of hydrogen-bond donors (Lipinski definition) is 0. The fraction of sp³-hybridized carbons (Fsp3) is 0.0400. The molecule has 0 bridgehead atoms. The lowest BCUT2D eigenvalue weighted by molar-refractivity contribution is 0.527. The molecule has 0 radical (unpaired) electrons. The van der Waals surface area contributed by atoms with Crippen LogP contribution in [0.15, 0.2) is 94.3 Å². The fourth-order valence-electron chi connectivity index (χ4n) is 3.30. The minimum absolute atomic E-state index is 0.140. The van der Waals surface area contributed by atoms with Crippen molar-refractivity contribution in [3.05, 3.63) is 88.5 Å². The van der Waals surface area contributed by atoms with Crippen molar-refractivity contribution in [1.29, 1.82) is 5.26 Å². The first kappa shape index (κ1) is 19.9. The van der Waals surface area contributed by atoms with E-state index in [1.807, 2.05) is 37.3 Å². The minimum atomic E-state index is 0.140. The number of aliphatic imine (C=N–C) groups is 1. The summed E-state index contributed by atoms with van der Waals surface area (Å²) in [5, 5.41) is 9.82. The van der Waals surface area contributed by atoms with Gasteiger partial charge in [-0.25, -0.2) is 4.99 Å². The van der Waals surface area contributed by atoms with Crippen molar-refractivity contribution in [2.75, 3.05) is 0 Å². The molecule has 0 saturated carbocycles. The molecular formula is C25H15BrN2O4.